The number of nitrogens with one attached hydrogen (secondary N) is 1. The number of fused-ring (bicyclic) bond motifs is 1. The van der Waals surface area contributed by atoms with Crippen LogP contribution in [0.4, 0.5) is 5.69 Å². The zero-order valence-corrected chi connectivity index (χ0v) is 13.0. The van der Waals surface area contributed by atoms with Crippen molar-refractivity contribution in [3.63, 3.8) is 0 Å². The van der Waals surface area contributed by atoms with Gasteiger partial charge in [-0.1, -0.05) is 6.07 Å². The number of hydrogen-bond acceptors (Lipinski definition) is 5. The van der Waals surface area contributed by atoms with E-state index in [2.05, 4.69) is 4.98 Å². The number of para-hydroxylation sites is 1. The molecule has 0 saturated carbocycles. The van der Waals surface area contributed by atoms with Crippen molar-refractivity contribution in [1.82, 2.24) is 4.98 Å². The van der Waals surface area contributed by atoms with Gasteiger partial charge >= 0.3 is 5.69 Å². The van der Waals surface area contributed by atoms with E-state index in [-0.39, 0.29) is 22.7 Å². The molecule has 3 aromatic rings. The molecular formula is C17H14N2O5. The van der Waals surface area contributed by atoms with Gasteiger partial charge in [-0.15, -0.1) is 0 Å². The number of nitro groups is 1. The molecule has 0 spiro atoms. The smallest absolute Gasteiger partial charge is 0.322 e. The topological polar surface area (TPSA) is 94.5 Å². The van der Waals surface area contributed by atoms with Gasteiger partial charge in [0.2, 0.25) is 5.78 Å². The monoisotopic (exact) mass is 326 g/mol. The van der Waals surface area contributed by atoms with E-state index in [1.54, 1.807) is 37.4 Å². The molecule has 24 heavy (non-hydrogen) atoms. The third-order valence-corrected chi connectivity index (χ3v) is 3.72. The van der Waals surface area contributed by atoms with Crippen LogP contribution in [0.15, 0.2) is 42.5 Å². The third kappa shape index (κ3) is 2.56. The Morgan fingerprint density at radius 3 is 2.58 bits per heavy atom. The molecule has 7 heteroatoms. The Morgan fingerprint density at radius 2 is 1.92 bits per heavy atom. The number of aromatic amines is 1. The highest BCUT2D eigenvalue weighted by molar-refractivity contribution is 6.13. The molecule has 0 radical (unpaired) electrons. The molecule has 0 amide bonds. The molecule has 0 saturated heterocycles. The largest absolute Gasteiger partial charge is 0.497 e. The fourth-order valence-electron chi connectivity index (χ4n) is 2.56. The number of ether oxygens (including phenoxy) is 2. The lowest BCUT2D eigenvalue weighted by Gasteiger charge is -2.05. The minimum absolute atomic E-state index is 0.0297. The number of nitrogens with zero attached hydrogens (tertiary/aromatic N) is 1. The molecule has 3 rings (SSSR count). The number of benzene rings is 2. The molecule has 1 aromatic heterocycles. The van der Waals surface area contributed by atoms with E-state index in [4.69, 9.17) is 9.47 Å². The highest BCUT2D eigenvalue weighted by Gasteiger charge is 2.26. The summed E-state index contributed by atoms with van der Waals surface area (Å²) in [7, 11) is 2.88. The fraction of sp³-hybridized carbons (Fsp3) is 0.118. The van der Waals surface area contributed by atoms with Crippen molar-refractivity contribution in [2.24, 2.45) is 0 Å². The minimum atomic E-state index is -0.613. The van der Waals surface area contributed by atoms with Crippen molar-refractivity contribution >= 4 is 22.4 Å². The summed E-state index contributed by atoms with van der Waals surface area (Å²) < 4.78 is 10.2. The fourth-order valence-corrected chi connectivity index (χ4v) is 2.56. The van der Waals surface area contributed by atoms with Gasteiger partial charge in [-0.25, -0.2) is 0 Å². The van der Waals surface area contributed by atoms with Crippen LogP contribution in [0.1, 0.15) is 16.1 Å². The van der Waals surface area contributed by atoms with Crippen molar-refractivity contribution in [3.05, 3.63) is 63.8 Å². The first-order chi connectivity index (χ1) is 11.5. The number of rotatable bonds is 5. The van der Waals surface area contributed by atoms with E-state index >= 15 is 0 Å². The summed E-state index contributed by atoms with van der Waals surface area (Å²) >= 11 is 0. The number of ketones is 1. The molecule has 1 heterocycles. The van der Waals surface area contributed by atoms with Gasteiger partial charge in [-0.3, -0.25) is 14.9 Å². The van der Waals surface area contributed by atoms with Gasteiger partial charge in [0.15, 0.2) is 5.75 Å². The summed E-state index contributed by atoms with van der Waals surface area (Å²) in [6, 6.07) is 11.4. The minimum Gasteiger partial charge on any atom is -0.497 e. The second-order valence-electron chi connectivity index (χ2n) is 5.08. The highest BCUT2D eigenvalue weighted by Crippen LogP contribution is 2.32. The summed E-state index contributed by atoms with van der Waals surface area (Å²) in [6.45, 7) is 0. The summed E-state index contributed by atoms with van der Waals surface area (Å²) in [5, 5.41) is 12.1. The molecule has 0 aliphatic heterocycles. The van der Waals surface area contributed by atoms with Crippen molar-refractivity contribution in [3.8, 4) is 11.5 Å². The Balaban J connectivity index is 2.11. The van der Waals surface area contributed by atoms with Crippen LogP contribution in [0.5, 0.6) is 11.5 Å². The van der Waals surface area contributed by atoms with E-state index in [9.17, 15) is 14.9 Å². The number of methoxy groups -OCH3 is 2. The summed E-state index contributed by atoms with van der Waals surface area (Å²) in [5.74, 6) is 0.229. The first-order valence-electron chi connectivity index (χ1n) is 7.08. The van der Waals surface area contributed by atoms with Crippen molar-refractivity contribution in [1.29, 1.82) is 0 Å². The molecule has 0 unspecified atom stereocenters. The van der Waals surface area contributed by atoms with Gasteiger partial charge in [0.25, 0.3) is 0 Å². The maximum atomic E-state index is 12.7. The zero-order chi connectivity index (χ0) is 17.3. The molecular weight excluding hydrogens is 312 g/mol. The normalized spacial score (nSPS) is 10.6. The van der Waals surface area contributed by atoms with Gasteiger partial charge in [0, 0.05) is 10.9 Å². The van der Waals surface area contributed by atoms with E-state index < -0.39 is 10.7 Å². The summed E-state index contributed by atoms with van der Waals surface area (Å²) in [5.41, 5.74) is 0.624. The molecule has 2 aromatic carbocycles. The number of carbonyl (C=O) groups excluding carboxylic acids is 1. The van der Waals surface area contributed by atoms with E-state index in [1.807, 2.05) is 0 Å². The summed E-state index contributed by atoms with van der Waals surface area (Å²) in [4.78, 5) is 26.4. The van der Waals surface area contributed by atoms with Crippen LogP contribution in [0, 0.1) is 10.1 Å². The number of H-pyrrole nitrogens is 1. The molecule has 0 aliphatic carbocycles. The quantitative estimate of drug-likeness (QED) is 0.441. The van der Waals surface area contributed by atoms with Crippen molar-refractivity contribution < 1.29 is 19.2 Å². The summed E-state index contributed by atoms with van der Waals surface area (Å²) in [6.07, 6.45) is 0. The predicted octanol–water partition coefficient (Wildman–Crippen LogP) is 3.32. The molecule has 0 atom stereocenters. The van der Waals surface area contributed by atoms with Crippen molar-refractivity contribution in [2.75, 3.05) is 14.2 Å². The zero-order valence-electron chi connectivity index (χ0n) is 13.0. The second-order valence-corrected chi connectivity index (χ2v) is 5.08. The van der Waals surface area contributed by atoms with Crippen LogP contribution < -0.4 is 9.47 Å². The first kappa shape index (κ1) is 15.5. The molecule has 0 bridgehead atoms. The maximum absolute atomic E-state index is 12.7. The van der Waals surface area contributed by atoms with Gasteiger partial charge in [-0.05, 0) is 36.4 Å². The van der Waals surface area contributed by atoms with E-state index in [1.165, 1.54) is 19.2 Å². The Kier molecular flexibility index (Phi) is 3.91. The van der Waals surface area contributed by atoms with Crippen LogP contribution in [-0.4, -0.2) is 29.9 Å². The van der Waals surface area contributed by atoms with Crippen LogP contribution in [0.3, 0.4) is 0 Å². The van der Waals surface area contributed by atoms with Gasteiger partial charge < -0.3 is 14.5 Å². The number of hydrogen-bond donors (Lipinski definition) is 1. The molecule has 1 N–H and O–H groups in total. The third-order valence-electron chi connectivity index (χ3n) is 3.72. The Morgan fingerprint density at radius 1 is 1.12 bits per heavy atom. The lowest BCUT2D eigenvalue weighted by molar-refractivity contribution is -0.386. The number of aromatic nitrogens is 1. The van der Waals surface area contributed by atoms with Crippen LogP contribution in [-0.2, 0) is 0 Å². The highest BCUT2D eigenvalue weighted by atomic mass is 16.6. The lowest BCUT2D eigenvalue weighted by Crippen LogP contribution is -2.07. The lowest BCUT2D eigenvalue weighted by atomic mass is 10.1. The first-order valence-corrected chi connectivity index (χ1v) is 7.08. The number of carbonyl (C=O) groups is 1. The van der Waals surface area contributed by atoms with Gasteiger partial charge in [-0.2, -0.15) is 0 Å². The Labute approximate surface area is 137 Å². The Bertz CT molecular complexity index is 945. The molecule has 7 nitrogen and oxygen atoms in total. The van der Waals surface area contributed by atoms with Gasteiger partial charge in [0.1, 0.15) is 11.3 Å². The van der Waals surface area contributed by atoms with Crippen LogP contribution >= 0.6 is 0 Å². The maximum Gasteiger partial charge on any atom is 0.322 e. The predicted molar refractivity (Wildman–Crippen MR) is 87.9 cm³/mol. The molecule has 0 aliphatic rings. The van der Waals surface area contributed by atoms with Crippen LogP contribution in [0.25, 0.3) is 10.9 Å². The van der Waals surface area contributed by atoms with E-state index in [0.29, 0.717) is 5.75 Å². The standard InChI is InChI=1S/C17H14N2O5/c1-23-11-6-7-13-10(8-11)9-14(18-13)17(20)12-4-3-5-15(24-2)16(12)19(21)22/h3-9,18H,1-2H3. The second kappa shape index (κ2) is 6.04. The SMILES string of the molecule is COc1ccc2[nH]c(C(=O)c3cccc(OC)c3[N+](=O)[O-])cc2c1. The van der Waals surface area contributed by atoms with Crippen molar-refractivity contribution in [2.45, 2.75) is 0 Å². The number of nitro benzene ring substituents is 1. The Hall–Kier alpha value is -3.35. The van der Waals surface area contributed by atoms with E-state index in [0.717, 1.165) is 10.9 Å². The average Bonchev–Trinajstić information content (AvgIpc) is 3.03. The average molecular weight is 326 g/mol. The molecule has 122 valence electrons. The van der Waals surface area contributed by atoms with Crippen LogP contribution in [0.2, 0.25) is 0 Å². The molecule has 0 fully saturated rings. The van der Waals surface area contributed by atoms with Gasteiger partial charge in [0.05, 0.1) is 24.8 Å².